The minimum absolute atomic E-state index is 0.0314. The van der Waals surface area contributed by atoms with Crippen LogP contribution in [0.5, 0.6) is 5.75 Å². The molecule has 160 valence electrons. The van der Waals surface area contributed by atoms with Crippen LogP contribution < -0.4 is 19.9 Å². The lowest BCUT2D eigenvalue weighted by Gasteiger charge is -2.35. The summed E-state index contributed by atoms with van der Waals surface area (Å²) >= 11 is 0. The second-order valence-electron chi connectivity index (χ2n) is 7.66. The highest BCUT2D eigenvalue weighted by molar-refractivity contribution is 5.92. The Morgan fingerprint density at radius 1 is 0.933 bits per heavy atom. The van der Waals surface area contributed by atoms with Gasteiger partial charge in [-0.05, 0) is 36.4 Å². The van der Waals surface area contributed by atoms with Crippen molar-refractivity contribution in [2.45, 2.75) is 0 Å². The van der Waals surface area contributed by atoms with Gasteiger partial charge in [0.2, 0.25) is 5.91 Å². The van der Waals surface area contributed by atoms with Gasteiger partial charge in [0.1, 0.15) is 5.75 Å². The molecule has 2 saturated heterocycles. The zero-order valence-electron chi connectivity index (χ0n) is 17.5. The lowest BCUT2D eigenvalue weighted by molar-refractivity contribution is -0.117. The number of morpholine rings is 1. The molecular formula is C23H30N4O3. The third kappa shape index (κ3) is 5.23. The molecule has 0 unspecified atom stereocenters. The summed E-state index contributed by atoms with van der Waals surface area (Å²) in [7, 11) is 1.69. The molecule has 2 heterocycles. The third-order valence-corrected chi connectivity index (χ3v) is 5.69. The van der Waals surface area contributed by atoms with Gasteiger partial charge in [-0.2, -0.15) is 0 Å². The number of nitrogens with one attached hydrogen (secondary N) is 1. The number of hydrogen-bond acceptors (Lipinski definition) is 6. The van der Waals surface area contributed by atoms with Crippen molar-refractivity contribution in [1.82, 2.24) is 4.90 Å². The Balaban J connectivity index is 1.24. The standard InChI is InChI=1S/C23H30N4O3/c1-29-22-4-2-3-21(17-22)26-11-9-25(10-12-26)18-23(28)24-19-5-7-20(8-6-19)27-13-15-30-16-14-27/h2-8,17H,9-16,18H2,1H3,(H,24,28). The molecular weight excluding hydrogens is 380 g/mol. The molecule has 0 aliphatic carbocycles. The highest BCUT2D eigenvalue weighted by atomic mass is 16.5. The van der Waals surface area contributed by atoms with Crippen molar-refractivity contribution in [3.05, 3.63) is 48.5 Å². The second-order valence-corrected chi connectivity index (χ2v) is 7.66. The Hall–Kier alpha value is -2.77. The van der Waals surface area contributed by atoms with E-state index in [-0.39, 0.29) is 5.91 Å². The first kappa shape index (κ1) is 20.5. The first-order valence-corrected chi connectivity index (χ1v) is 10.6. The number of amides is 1. The highest BCUT2D eigenvalue weighted by Gasteiger charge is 2.19. The van der Waals surface area contributed by atoms with Gasteiger partial charge in [0.05, 0.1) is 26.9 Å². The summed E-state index contributed by atoms with van der Waals surface area (Å²) in [5.74, 6) is 0.901. The summed E-state index contributed by atoms with van der Waals surface area (Å²) in [6.45, 7) is 7.29. The molecule has 30 heavy (non-hydrogen) atoms. The van der Waals surface area contributed by atoms with Gasteiger partial charge in [0.25, 0.3) is 0 Å². The Labute approximate surface area is 178 Å². The van der Waals surface area contributed by atoms with Crippen molar-refractivity contribution in [2.75, 3.05) is 81.3 Å². The van der Waals surface area contributed by atoms with Gasteiger partial charge in [-0.3, -0.25) is 9.69 Å². The van der Waals surface area contributed by atoms with Crippen molar-refractivity contribution in [3.63, 3.8) is 0 Å². The van der Waals surface area contributed by atoms with Gasteiger partial charge in [-0.25, -0.2) is 0 Å². The van der Waals surface area contributed by atoms with E-state index in [4.69, 9.17) is 9.47 Å². The smallest absolute Gasteiger partial charge is 0.238 e. The second kappa shape index (κ2) is 9.82. The van der Waals surface area contributed by atoms with Gasteiger partial charge in [0.15, 0.2) is 0 Å². The molecule has 2 aliphatic heterocycles. The molecule has 2 aliphatic rings. The summed E-state index contributed by atoms with van der Waals surface area (Å²) in [4.78, 5) is 19.3. The number of carbonyl (C=O) groups excluding carboxylic acids is 1. The predicted molar refractivity (Wildman–Crippen MR) is 120 cm³/mol. The van der Waals surface area contributed by atoms with E-state index in [2.05, 4.69) is 44.3 Å². The first-order chi connectivity index (χ1) is 14.7. The number of carbonyl (C=O) groups is 1. The van der Waals surface area contributed by atoms with Crippen molar-refractivity contribution >= 4 is 23.0 Å². The molecule has 7 heteroatoms. The summed E-state index contributed by atoms with van der Waals surface area (Å²) in [6.07, 6.45) is 0. The summed E-state index contributed by atoms with van der Waals surface area (Å²) < 4.78 is 10.7. The molecule has 4 rings (SSSR count). The van der Waals surface area contributed by atoms with E-state index in [1.165, 1.54) is 11.4 Å². The molecule has 1 amide bonds. The van der Waals surface area contributed by atoms with Crippen LogP contribution in [-0.2, 0) is 9.53 Å². The average Bonchev–Trinajstić information content (AvgIpc) is 2.80. The van der Waals surface area contributed by atoms with Crippen molar-refractivity contribution in [1.29, 1.82) is 0 Å². The fourth-order valence-corrected chi connectivity index (χ4v) is 3.95. The number of methoxy groups -OCH3 is 1. The minimum Gasteiger partial charge on any atom is -0.497 e. The number of benzene rings is 2. The molecule has 0 spiro atoms. The number of hydrogen-bond donors (Lipinski definition) is 1. The van der Waals surface area contributed by atoms with E-state index < -0.39 is 0 Å². The Bertz CT molecular complexity index is 829. The SMILES string of the molecule is COc1cccc(N2CCN(CC(=O)Nc3ccc(N4CCOCC4)cc3)CC2)c1. The molecule has 2 fully saturated rings. The van der Waals surface area contributed by atoms with E-state index >= 15 is 0 Å². The van der Waals surface area contributed by atoms with Crippen LogP contribution in [0, 0.1) is 0 Å². The Morgan fingerprint density at radius 3 is 2.33 bits per heavy atom. The average molecular weight is 411 g/mol. The first-order valence-electron chi connectivity index (χ1n) is 10.6. The molecule has 0 atom stereocenters. The molecule has 0 saturated carbocycles. The van der Waals surface area contributed by atoms with Crippen molar-refractivity contribution in [3.8, 4) is 5.75 Å². The zero-order valence-corrected chi connectivity index (χ0v) is 17.5. The van der Waals surface area contributed by atoms with Crippen LogP contribution in [-0.4, -0.2) is 76.9 Å². The molecule has 0 radical (unpaired) electrons. The van der Waals surface area contributed by atoms with Crippen LogP contribution in [0.1, 0.15) is 0 Å². The van der Waals surface area contributed by atoms with Gasteiger partial charge >= 0.3 is 0 Å². The molecule has 1 N–H and O–H groups in total. The molecule has 0 bridgehead atoms. The number of anilines is 3. The van der Waals surface area contributed by atoms with Crippen LogP contribution in [0.4, 0.5) is 17.1 Å². The van der Waals surface area contributed by atoms with Gasteiger partial charge in [-0.15, -0.1) is 0 Å². The maximum Gasteiger partial charge on any atom is 0.238 e. The number of nitrogens with zero attached hydrogens (tertiary/aromatic N) is 3. The fourth-order valence-electron chi connectivity index (χ4n) is 3.95. The molecule has 7 nitrogen and oxygen atoms in total. The topological polar surface area (TPSA) is 57.3 Å². The maximum atomic E-state index is 12.5. The van der Waals surface area contributed by atoms with Crippen LogP contribution in [0.2, 0.25) is 0 Å². The number of piperazine rings is 1. The predicted octanol–water partition coefficient (Wildman–Crippen LogP) is 2.29. The molecule has 0 aromatic heterocycles. The quantitative estimate of drug-likeness (QED) is 0.789. The van der Waals surface area contributed by atoms with Crippen molar-refractivity contribution in [2.24, 2.45) is 0 Å². The van der Waals surface area contributed by atoms with Gasteiger partial charge in [-0.1, -0.05) is 6.07 Å². The van der Waals surface area contributed by atoms with Gasteiger partial charge < -0.3 is 24.6 Å². The third-order valence-electron chi connectivity index (χ3n) is 5.69. The van der Waals surface area contributed by atoms with E-state index in [9.17, 15) is 4.79 Å². The number of ether oxygens (including phenoxy) is 2. The lowest BCUT2D eigenvalue weighted by atomic mass is 10.2. The monoisotopic (exact) mass is 410 g/mol. The molecule has 2 aromatic carbocycles. The molecule has 2 aromatic rings. The Morgan fingerprint density at radius 2 is 1.63 bits per heavy atom. The number of rotatable bonds is 6. The summed E-state index contributed by atoms with van der Waals surface area (Å²) in [6, 6.07) is 16.2. The van der Waals surface area contributed by atoms with Crippen molar-refractivity contribution < 1.29 is 14.3 Å². The van der Waals surface area contributed by atoms with Crippen LogP contribution in [0.3, 0.4) is 0 Å². The largest absolute Gasteiger partial charge is 0.497 e. The zero-order chi connectivity index (χ0) is 20.8. The minimum atomic E-state index is 0.0314. The highest BCUT2D eigenvalue weighted by Crippen LogP contribution is 2.22. The summed E-state index contributed by atoms with van der Waals surface area (Å²) in [5, 5.41) is 3.02. The van der Waals surface area contributed by atoms with Crippen LogP contribution >= 0.6 is 0 Å². The van der Waals surface area contributed by atoms with E-state index in [1.807, 2.05) is 24.3 Å². The van der Waals surface area contributed by atoms with E-state index in [0.29, 0.717) is 6.54 Å². The lowest BCUT2D eigenvalue weighted by Crippen LogP contribution is -2.48. The normalized spacial score (nSPS) is 17.6. The maximum absolute atomic E-state index is 12.5. The fraction of sp³-hybridized carbons (Fsp3) is 0.435. The Kier molecular flexibility index (Phi) is 6.71. The van der Waals surface area contributed by atoms with Gasteiger partial charge in [0, 0.05) is 62.4 Å². The summed E-state index contributed by atoms with van der Waals surface area (Å²) in [5.41, 5.74) is 3.18. The van der Waals surface area contributed by atoms with E-state index in [0.717, 1.165) is 63.9 Å². The van der Waals surface area contributed by atoms with Crippen LogP contribution in [0.25, 0.3) is 0 Å². The van der Waals surface area contributed by atoms with E-state index in [1.54, 1.807) is 7.11 Å². The van der Waals surface area contributed by atoms with Crippen LogP contribution in [0.15, 0.2) is 48.5 Å².